The van der Waals surface area contributed by atoms with E-state index in [0.717, 1.165) is 6.42 Å². The van der Waals surface area contributed by atoms with Crippen LogP contribution in [0.1, 0.15) is 41.0 Å². The first kappa shape index (κ1) is 15.4. The van der Waals surface area contributed by atoms with Crippen LogP contribution >= 0.6 is 0 Å². The van der Waals surface area contributed by atoms with E-state index < -0.39 is 0 Å². The van der Waals surface area contributed by atoms with Gasteiger partial charge >= 0.3 is 0 Å². The van der Waals surface area contributed by atoms with E-state index >= 15 is 0 Å². The maximum Gasteiger partial charge on any atom is 0.241 e. The van der Waals surface area contributed by atoms with Crippen LogP contribution in [0.5, 0.6) is 0 Å². The molecule has 1 N–H and O–H groups in total. The summed E-state index contributed by atoms with van der Waals surface area (Å²) >= 11 is 0. The highest BCUT2D eigenvalue weighted by atomic mass is 16.5. The average Bonchev–Trinajstić information content (AvgIpc) is 2.63. The van der Waals surface area contributed by atoms with Gasteiger partial charge in [0.05, 0.1) is 24.9 Å². The molecule has 1 rings (SSSR count). The van der Waals surface area contributed by atoms with E-state index in [9.17, 15) is 4.79 Å². The first-order valence-corrected chi connectivity index (χ1v) is 7.01. The fraction of sp³-hybridized carbons (Fsp3) is 0.929. The normalized spacial score (nSPS) is 26.4. The van der Waals surface area contributed by atoms with Gasteiger partial charge in [-0.15, -0.1) is 0 Å². The van der Waals surface area contributed by atoms with Crippen LogP contribution in [0.25, 0.3) is 0 Å². The average molecular weight is 256 g/mol. The molecule has 0 saturated carbocycles. The van der Waals surface area contributed by atoms with Gasteiger partial charge in [0, 0.05) is 7.11 Å². The second-order valence-corrected chi connectivity index (χ2v) is 5.83. The van der Waals surface area contributed by atoms with Crippen LogP contribution < -0.4 is 5.32 Å². The van der Waals surface area contributed by atoms with Crippen molar-refractivity contribution in [3.63, 3.8) is 0 Å². The van der Waals surface area contributed by atoms with Crippen LogP contribution in [0, 0.1) is 11.8 Å². The first-order chi connectivity index (χ1) is 8.43. The van der Waals surface area contributed by atoms with Gasteiger partial charge in [-0.05, 0) is 18.3 Å². The molecule has 0 aromatic rings. The third-order valence-corrected chi connectivity index (χ3v) is 3.73. The molecule has 0 spiro atoms. The number of amides is 1. The predicted octanol–water partition coefficient (Wildman–Crippen LogP) is 1.85. The molecule has 0 bridgehead atoms. The van der Waals surface area contributed by atoms with Crippen LogP contribution in [0.15, 0.2) is 0 Å². The van der Waals surface area contributed by atoms with Crippen molar-refractivity contribution in [3.8, 4) is 0 Å². The number of nitrogens with one attached hydrogen (secondary N) is 1. The number of rotatable bonds is 6. The predicted molar refractivity (Wildman–Crippen MR) is 73.2 cm³/mol. The summed E-state index contributed by atoms with van der Waals surface area (Å²) in [4.78, 5) is 14.5. The van der Waals surface area contributed by atoms with E-state index in [1.54, 1.807) is 7.11 Å². The molecule has 1 aliphatic rings. The number of methoxy groups -OCH3 is 1. The van der Waals surface area contributed by atoms with E-state index in [4.69, 9.17) is 4.74 Å². The zero-order valence-electron chi connectivity index (χ0n) is 12.6. The largest absolute Gasteiger partial charge is 0.383 e. The van der Waals surface area contributed by atoms with Crippen molar-refractivity contribution in [2.75, 3.05) is 13.7 Å². The highest BCUT2D eigenvalue weighted by molar-refractivity contribution is 5.84. The van der Waals surface area contributed by atoms with E-state index in [-0.39, 0.29) is 24.2 Å². The molecule has 1 amide bonds. The highest BCUT2D eigenvalue weighted by Crippen LogP contribution is 2.25. The van der Waals surface area contributed by atoms with E-state index in [1.807, 2.05) is 4.90 Å². The lowest BCUT2D eigenvalue weighted by Gasteiger charge is -2.36. The molecule has 4 nitrogen and oxygen atoms in total. The molecule has 106 valence electrons. The van der Waals surface area contributed by atoms with Gasteiger partial charge in [-0.3, -0.25) is 10.1 Å². The molecule has 0 aromatic heterocycles. The maximum absolute atomic E-state index is 12.5. The number of ether oxygens (including phenoxy) is 1. The number of hydrogen-bond donors (Lipinski definition) is 1. The standard InChI is InChI=1S/C14H28N2O2/c1-7-11-14(17)16(13(15-11)10(4)5)12(8-18-6)9(2)3/h9-13,15H,7-8H2,1-6H3. The Morgan fingerprint density at radius 3 is 2.33 bits per heavy atom. The molecule has 1 fully saturated rings. The quantitative estimate of drug-likeness (QED) is 0.788. The van der Waals surface area contributed by atoms with Crippen LogP contribution in [-0.2, 0) is 9.53 Å². The van der Waals surface area contributed by atoms with Crippen molar-refractivity contribution in [2.45, 2.75) is 59.3 Å². The Balaban J connectivity index is 2.95. The minimum Gasteiger partial charge on any atom is -0.383 e. The Labute approximate surface area is 111 Å². The molecule has 0 radical (unpaired) electrons. The molecular formula is C14H28N2O2. The molecule has 1 saturated heterocycles. The summed E-state index contributed by atoms with van der Waals surface area (Å²) in [5.74, 6) is 1.03. The van der Waals surface area contributed by atoms with Gasteiger partial charge in [-0.25, -0.2) is 0 Å². The van der Waals surface area contributed by atoms with Crippen molar-refractivity contribution >= 4 is 5.91 Å². The minimum atomic E-state index is -0.0319. The van der Waals surface area contributed by atoms with E-state index in [2.05, 4.69) is 39.9 Å². The van der Waals surface area contributed by atoms with E-state index in [1.165, 1.54) is 0 Å². The summed E-state index contributed by atoms with van der Waals surface area (Å²) in [5, 5.41) is 3.45. The Morgan fingerprint density at radius 1 is 1.33 bits per heavy atom. The second kappa shape index (κ2) is 6.53. The van der Waals surface area contributed by atoms with Gasteiger partial charge in [-0.2, -0.15) is 0 Å². The number of carbonyl (C=O) groups is 1. The Morgan fingerprint density at radius 2 is 1.94 bits per heavy atom. The number of carbonyl (C=O) groups excluding carboxylic acids is 1. The summed E-state index contributed by atoms with van der Waals surface area (Å²) in [6, 6.07) is 0.120. The van der Waals surface area contributed by atoms with Crippen LogP contribution in [0.3, 0.4) is 0 Å². The van der Waals surface area contributed by atoms with Crippen LogP contribution in [0.2, 0.25) is 0 Å². The molecule has 0 aromatic carbocycles. The summed E-state index contributed by atoms with van der Waals surface area (Å²) in [7, 11) is 1.70. The molecule has 18 heavy (non-hydrogen) atoms. The lowest BCUT2D eigenvalue weighted by atomic mass is 10.0. The number of nitrogens with zero attached hydrogens (tertiary/aromatic N) is 1. The Bertz CT molecular complexity index is 279. The maximum atomic E-state index is 12.5. The smallest absolute Gasteiger partial charge is 0.241 e. The monoisotopic (exact) mass is 256 g/mol. The van der Waals surface area contributed by atoms with Gasteiger partial charge in [0.15, 0.2) is 0 Å². The summed E-state index contributed by atoms with van der Waals surface area (Å²) in [5.41, 5.74) is 0. The van der Waals surface area contributed by atoms with Crippen molar-refractivity contribution < 1.29 is 9.53 Å². The van der Waals surface area contributed by atoms with Crippen LogP contribution in [-0.4, -0.2) is 42.8 Å². The highest BCUT2D eigenvalue weighted by Gasteiger charge is 2.43. The number of hydrogen-bond acceptors (Lipinski definition) is 3. The van der Waals surface area contributed by atoms with Crippen molar-refractivity contribution in [1.82, 2.24) is 10.2 Å². The lowest BCUT2D eigenvalue weighted by molar-refractivity contribution is -0.135. The first-order valence-electron chi connectivity index (χ1n) is 7.01. The molecule has 4 heteroatoms. The Kier molecular flexibility index (Phi) is 5.60. The molecule has 3 unspecified atom stereocenters. The molecular weight excluding hydrogens is 228 g/mol. The molecule has 3 atom stereocenters. The molecule has 1 aliphatic heterocycles. The Hall–Kier alpha value is -0.610. The lowest BCUT2D eigenvalue weighted by Crippen LogP contribution is -2.51. The van der Waals surface area contributed by atoms with Gasteiger partial charge in [0.1, 0.15) is 0 Å². The van der Waals surface area contributed by atoms with Crippen molar-refractivity contribution in [3.05, 3.63) is 0 Å². The fourth-order valence-electron chi connectivity index (χ4n) is 2.62. The van der Waals surface area contributed by atoms with E-state index in [0.29, 0.717) is 18.4 Å². The summed E-state index contributed by atoms with van der Waals surface area (Å²) in [6.45, 7) is 11.3. The zero-order valence-corrected chi connectivity index (χ0v) is 12.6. The molecule has 1 heterocycles. The van der Waals surface area contributed by atoms with Gasteiger partial charge in [0.2, 0.25) is 5.91 Å². The summed E-state index contributed by atoms with van der Waals surface area (Å²) in [6.07, 6.45) is 0.973. The molecule has 0 aliphatic carbocycles. The van der Waals surface area contributed by atoms with Crippen molar-refractivity contribution in [2.24, 2.45) is 11.8 Å². The third kappa shape index (κ3) is 3.04. The van der Waals surface area contributed by atoms with Gasteiger partial charge in [0.25, 0.3) is 0 Å². The summed E-state index contributed by atoms with van der Waals surface area (Å²) < 4.78 is 5.30. The fourth-order valence-corrected chi connectivity index (χ4v) is 2.62. The third-order valence-electron chi connectivity index (χ3n) is 3.73. The topological polar surface area (TPSA) is 41.6 Å². The minimum absolute atomic E-state index is 0.0319. The van der Waals surface area contributed by atoms with Crippen LogP contribution in [0.4, 0.5) is 0 Å². The van der Waals surface area contributed by atoms with Crippen molar-refractivity contribution in [1.29, 1.82) is 0 Å². The second-order valence-electron chi connectivity index (χ2n) is 5.83. The SMILES string of the molecule is CCC1NC(C(C)C)N(C(COC)C(C)C)C1=O. The van der Waals surface area contributed by atoms with Gasteiger partial charge < -0.3 is 9.64 Å². The van der Waals surface area contributed by atoms with Gasteiger partial charge in [-0.1, -0.05) is 34.6 Å². The zero-order chi connectivity index (χ0) is 13.9.